The molecule has 0 saturated heterocycles. The highest BCUT2D eigenvalue weighted by Gasteiger charge is 2.66. The largest absolute Gasteiger partial charge is 0.392 e. The summed E-state index contributed by atoms with van der Waals surface area (Å²) in [6.07, 6.45) is 2.43. The Morgan fingerprint density at radius 3 is 2.45 bits per heavy atom. The van der Waals surface area contributed by atoms with E-state index >= 15 is 0 Å². The fraction of sp³-hybridized carbons (Fsp3) is 0.750. The van der Waals surface area contributed by atoms with Crippen molar-refractivity contribution in [2.24, 2.45) is 5.41 Å². The van der Waals surface area contributed by atoms with Crippen LogP contribution in [0.15, 0.2) is 12.7 Å². The summed E-state index contributed by atoms with van der Waals surface area (Å²) in [5.41, 5.74) is -0.329. The molecule has 0 aromatic rings. The summed E-state index contributed by atoms with van der Waals surface area (Å²) in [6.45, 7) is 5.43. The van der Waals surface area contributed by atoms with Crippen LogP contribution in [0.5, 0.6) is 0 Å². The Morgan fingerprint density at radius 1 is 1.73 bits per heavy atom. The van der Waals surface area contributed by atoms with Gasteiger partial charge >= 0.3 is 0 Å². The fourth-order valence-electron chi connectivity index (χ4n) is 1.20. The topological polar surface area (TPSA) is 20.2 Å². The Bertz CT molecular complexity index is 179. The molecular formula is C8H12Cl2O. The number of hydrogen-bond acceptors (Lipinski definition) is 1. The molecule has 1 N–H and O–H groups in total. The lowest BCUT2D eigenvalue weighted by Crippen LogP contribution is -2.23. The van der Waals surface area contributed by atoms with E-state index in [0.29, 0.717) is 12.8 Å². The van der Waals surface area contributed by atoms with Crippen molar-refractivity contribution >= 4 is 23.2 Å². The van der Waals surface area contributed by atoms with Crippen molar-refractivity contribution < 1.29 is 5.11 Å². The van der Waals surface area contributed by atoms with Gasteiger partial charge in [-0.1, -0.05) is 13.0 Å². The first-order valence-electron chi connectivity index (χ1n) is 3.61. The Kier molecular flexibility index (Phi) is 2.26. The highest BCUT2D eigenvalue weighted by Crippen LogP contribution is 2.65. The monoisotopic (exact) mass is 194 g/mol. The van der Waals surface area contributed by atoms with Crippen LogP contribution >= 0.6 is 23.2 Å². The molecule has 3 heteroatoms. The number of halogens is 2. The molecule has 0 radical (unpaired) electrons. The van der Waals surface area contributed by atoms with Gasteiger partial charge in [0.2, 0.25) is 0 Å². The van der Waals surface area contributed by atoms with Gasteiger partial charge in [0.25, 0.3) is 0 Å². The first-order valence-corrected chi connectivity index (χ1v) is 4.36. The molecule has 0 amide bonds. The molecule has 0 aromatic heterocycles. The summed E-state index contributed by atoms with van der Waals surface area (Å²) in [5.74, 6) is 0. The second-order valence-electron chi connectivity index (χ2n) is 3.34. The average molecular weight is 195 g/mol. The maximum atomic E-state index is 9.54. The van der Waals surface area contributed by atoms with Gasteiger partial charge in [-0.3, -0.25) is 0 Å². The predicted octanol–water partition coefficient (Wildman–Crippen LogP) is 2.51. The number of rotatable bonds is 3. The standard InChI is InChI=1S/C8H12Cl2O/c1-3-4-6(11)7(2)5-8(7,9)10/h3,6,11H,1,4-5H2,2H3. The minimum Gasteiger partial charge on any atom is -0.392 e. The second-order valence-corrected chi connectivity index (χ2v) is 4.82. The van der Waals surface area contributed by atoms with Crippen molar-refractivity contribution in [1.82, 2.24) is 0 Å². The molecule has 11 heavy (non-hydrogen) atoms. The van der Waals surface area contributed by atoms with Crippen LogP contribution in [-0.4, -0.2) is 15.5 Å². The smallest absolute Gasteiger partial charge is 0.126 e. The van der Waals surface area contributed by atoms with E-state index in [1.54, 1.807) is 6.08 Å². The molecule has 0 aromatic carbocycles. The molecule has 1 fully saturated rings. The zero-order valence-electron chi connectivity index (χ0n) is 6.48. The van der Waals surface area contributed by atoms with Crippen molar-refractivity contribution in [2.75, 3.05) is 0 Å². The maximum absolute atomic E-state index is 9.54. The van der Waals surface area contributed by atoms with Gasteiger partial charge in [-0.15, -0.1) is 29.8 Å². The summed E-state index contributed by atoms with van der Waals surface area (Å²) >= 11 is 11.7. The minimum atomic E-state index is -0.727. The molecule has 1 aliphatic rings. The van der Waals surface area contributed by atoms with E-state index in [9.17, 15) is 5.11 Å². The van der Waals surface area contributed by atoms with Crippen LogP contribution in [0.3, 0.4) is 0 Å². The summed E-state index contributed by atoms with van der Waals surface area (Å²) < 4.78 is -0.727. The lowest BCUT2D eigenvalue weighted by atomic mass is 9.99. The average Bonchev–Trinajstić information content (AvgIpc) is 2.35. The molecular weight excluding hydrogens is 183 g/mol. The highest BCUT2D eigenvalue weighted by molar-refractivity contribution is 6.51. The van der Waals surface area contributed by atoms with Gasteiger partial charge < -0.3 is 5.11 Å². The van der Waals surface area contributed by atoms with E-state index in [2.05, 4.69) is 6.58 Å². The van der Waals surface area contributed by atoms with Crippen LogP contribution in [-0.2, 0) is 0 Å². The summed E-state index contributed by atoms with van der Waals surface area (Å²) in [7, 11) is 0. The number of aliphatic hydroxyl groups excluding tert-OH is 1. The molecule has 0 heterocycles. The van der Waals surface area contributed by atoms with Crippen molar-refractivity contribution in [3.63, 3.8) is 0 Å². The molecule has 2 unspecified atom stereocenters. The first kappa shape index (κ1) is 9.37. The molecule has 64 valence electrons. The molecule has 0 aliphatic heterocycles. The van der Waals surface area contributed by atoms with E-state index in [-0.39, 0.29) is 5.41 Å². The van der Waals surface area contributed by atoms with E-state index in [0.717, 1.165) is 0 Å². The summed E-state index contributed by atoms with van der Waals surface area (Å²) in [6, 6.07) is 0. The minimum absolute atomic E-state index is 0.329. The third-order valence-corrected chi connectivity index (χ3v) is 3.56. The molecule has 1 rings (SSSR count). The zero-order chi connectivity index (χ0) is 8.70. The van der Waals surface area contributed by atoms with Crippen molar-refractivity contribution in [3.8, 4) is 0 Å². The molecule has 1 saturated carbocycles. The first-order chi connectivity index (χ1) is 4.94. The fourth-order valence-corrected chi connectivity index (χ4v) is 2.00. The molecule has 0 bridgehead atoms. The van der Waals surface area contributed by atoms with Crippen molar-refractivity contribution in [1.29, 1.82) is 0 Å². The van der Waals surface area contributed by atoms with E-state index in [1.165, 1.54) is 0 Å². The van der Waals surface area contributed by atoms with Gasteiger partial charge in [0.05, 0.1) is 6.10 Å². The van der Waals surface area contributed by atoms with Crippen molar-refractivity contribution in [3.05, 3.63) is 12.7 Å². The molecule has 2 atom stereocenters. The van der Waals surface area contributed by atoms with E-state index in [4.69, 9.17) is 23.2 Å². The maximum Gasteiger partial charge on any atom is 0.126 e. The predicted molar refractivity (Wildman–Crippen MR) is 48.0 cm³/mol. The van der Waals surface area contributed by atoms with Gasteiger partial charge in [-0.2, -0.15) is 0 Å². The number of aliphatic hydroxyl groups is 1. The Labute approximate surface area is 77.0 Å². The lowest BCUT2D eigenvalue weighted by molar-refractivity contribution is 0.104. The zero-order valence-corrected chi connectivity index (χ0v) is 7.99. The third-order valence-electron chi connectivity index (χ3n) is 2.43. The molecule has 0 spiro atoms. The Balaban J connectivity index is 2.56. The van der Waals surface area contributed by atoms with Crippen LogP contribution in [0.1, 0.15) is 19.8 Å². The van der Waals surface area contributed by atoms with Gasteiger partial charge in [0.1, 0.15) is 4.33 Å². The van der Waals surface area contributed by atoms with Gasteiger partial charge in [0.15, 0.2) is 0 Å². The van der Waals surface area contributed by atoms with Gasteiger partial charge in [-0.25, -0.2) is 0 Å². The molecule has 1 aliphatic carbocycles. The number of alkyl halides is 2. The SMILES string of the molecule is C=CCC(O)C1(C)CC1(Cl)Cl. The molecule has 1 nitrogen and oxygen atoms in total. The van der Waals surface area contributed by atoms with Gasteiger partial charge in [0, 0.05) is 5.41 Å². The quantitative estimate of drug-likeness (QED) is 0.541. The Morgan fingerprint density at radius 2 is 2.18 bits per heavy atom. The number of hydrogen-bond donors (Lipinski definition) is 1. The van der Waals surface area contributed by atoms with E-state index < -0.39 is 10.4 Å². The summed E-state index contributed by atoms with van der Waals surface area (Å²) in [5, 5.41) is 9.54. The Hall–Kier alpha value is 0.280. The van der Waals surface area contributed by atoms with Crippen LogP contribution < -0.4 is 0 Å². The lowest BCUT2D eigenvalue weighted by Gasteiger charge is -2.17. The van der Waals surface area contributed by atoms with Crippen LogP contribution in [0.2, 0.25) is 0 Å². The van der Waals surface area contributed by atoms with Crippen LogP contribution in [0.4, 0.5) is 0 Å². The van der Waals surface area contributed by atoms with Crippen LogP contribution in [0.25, 0.3) is 0 Å². The second kappa shape index (κ2) is 2.65. The van der Waals surface area contributed by atoms with Gasteiger partial charge in [-0.05, 0) is 12.8 Å². The van der Waals surface area contributed by atoms with Crippen LogP contribution in [0, 0.1) is 5.41 Å². The van der Waals surface area contributed by atoms with Crippen molar-refractivity contribution in [2.45, 2.75) is 30.2 Å². The third kappa shape index (κ3) is 1.42. The van der Waals surface area contributed by atoms with E-state index in [1.807, 2.05) is 6.92 Å². The normalized spacial score (nSPS) is 36.4. The summed E-state index contributed by atoms with van der Waals surface area (Å²) in [4.78, 5) is 0. The highest BCUT2D eigenvalue weighted by atomic mass is 35.5.